The molecular weight excluding hydrogens is 324 g/mol. The van der Waals surface area contributed by atoms with E-state index in [1.807, 2.05) is 48.5 Å². The van der Waals surface area contributed by atoms with Crippen LogP contribution in [0.4, 0.5) is 0 Å². The van der Waals surface area contributed by atoms with Gasteiger partial charge in [0, 0.05) is 17.9 Å². The van der Waals surface area contributed by atoms with Crippen molar-refractivity contribution in [3.8, 4) is 22.6 Å². The van der Waals surface area contributed by atoms with E-state index in [0.717, 1.165) is 39.3 Å². The molecule has 0 aliphatic heterocycles. The van der Waals surface area contributed by atoms with Crippen LogP contribution in [0.3, 0.4) is 0 Å². The summed E-state index contributed by atoms with van der Waals surface area (Å²) in [6.07, 6.45) is 0.504. The molecule has 0 spiro atoms. The predicted octanol–water partition coefficient (Wildman–Crippen LogP) is 5.09. The minimum Gasteiger partial charge on any atom is -0.497 e. The molecule has 0 amide bonds. The van der Waals surface area contributed by atoms with Crippen LogP contribution in [0.25, 0.3) is 11.1 Å². The van der Waals surface area contributed by atoms with Gasteiger partial charge in [0.1, 0.15) is 11.5 Å². The summed E-state index contributed by atoms with van der Waals surface area (Å²) in [5.74, 6) is 1.90. The summed E-state index contributed by atoms with van der Waals surface area (Å²) in [7, 11) is 3.33. The molecule has 4 rings (SSSR count). The highest BCUT2D eigenvalue weighted by molar-refractivity contribution is 6.02. The van der Waals surface area contributed by atoms with E-state index in [9.17, 15) is 4.79 Å². The number of ether oxygens (including phenoxy) is 2. The number of methoxy groups -OCH3 is 2. The Hall–Kier alpha value is -3.07. The van der Waals surface area contributed by atoms with Crippen molar-refractivity contribution < 1.29 is 14.3 Å². The van der Waals surface area contributed by atoms with Gasteiger partial charge in [-0.05, 0) is 52.6 Å². The molecule has 3 aromatic rings. The molecular formula is C23H20O3. The van der Waals surface area contributed by atoms with Crippen LogP contribution in [0.15, 0.2) is 66.7 Å². The number of hydrogen-bond acceptors (Lipinski definition) is 3. The SMILES string of the molecule is COc1cccc(-c2ccc3c(c2)C(c2cccc(OC)c2)CC3=O)c1. The first kappa shape index (κ1) is 16.4. The number of hydrogen-bond donors (Lipinski definition) is 0. The summed E-state index contributed by atoms with van der Waals surface area (Å²) >= 11 is 0. The lowest BCUT2D eigenvalue weighted by molar-refractivity contribution is 0.0991. The maximum absolute atomic E-state index is 12.5. The normalized spacial score (nSPS) is 15.6. The van der Waals surface area contributed by atoms with Crippen molar-refractivity contribution >= 4 is 5.78 Å². The molecule has 3 aromatic carbocycles. The second-order valence-electron chi connectivity index (χ2n) is 6.49. The van der Waals surface area contributed by atoms with Crippen LogP contribution in [0, 0.1) is 0 Å². The first-order valence-electron chi connectivity index (χ1n) is 8.65. The fourth-order valence-corrected chi connectivity index (χ4v) is 3.65. The van der Waals surface area contributed by atoms with E-state index in [1.165, 1.54) is 0 Å². The van der Waals surface area contributed by atoms with E-state index in [-0.39, 0.29) is 11.7 Å². The zero-order chi connectivity index (χ0) is 18.1. The fourth-order valence-electron chi connectivity index (χ4n) is 3.65. The minimum atomic E-state index is 0.0677. The molecule has 0 aromatic heterocycles. The van der Waals surface area contributed by atoms with Gasteiger partial charge in [-0.15, -0.1) is 0 Å². The van der Waals surface area contributed by atoms with Crippen LogP contribution >= 0.6 is 0 Å². The summed E-state index contributed by atoms with van der Waals surface area (Å²) in [6.45, 7) is 0. The molecule has 3 nitrogen and oxygen atoms in total. The van der Waals surface area contributed by atoms with E-state index in [0.29, 0.717) is 6.42 Å². The third-order valence-corrected chi connectivity index (χ3v) is 5.02. The molecule has 0 fully saturated rings. The molecule has 26 heavy (non-hydrogen) atoms. The Bertz CT molecular complexity index is 975. The van der Waals surface area contributed by atoms with Gasteiger partial charge in [0.2, 0.25) is 0 Å². The van der Waals surface area contributed by atoms with Crippen molar-refractivity contribution in [2.75, 3.05) is 14.2 Å². The monoisotopic (exact) mass is 344 g/mol. The highest BCUT2D eigenvalue weighted by atomic mass is 16.5. The standard InChI is InChI=1S/C23H20O3/c1-25-18-7-3-5-15(11-18)16-9-10-20-22(13-16)21(14-23(20)24)17-6-4-8-19(12-17)26-2/h3-13,21H,14H2,1-2H3. The van der Waals surface area contributed by atoms with E-state index < -0.39 is 0 Å². The van der Waals surface area contributed by atoms with Crippen molar-refractivity contribution in [1.29, 1.82) is 0 Å². The first-order valence-corrected chi connectivity index (χ1v) is 8.65. The number of Topliss-reactive ketones (excluding diaryl/α,β-unsaturated/α-hetero) is 1. The topological polar surface area (TPSA) is 35.5 Å². The van der Waals surface area contributed by atoms with Crippen LogP contribution < -0.4 is 9.47 Å². The van der Waals surface area contributed by atoms with Gasteiger partial charge < -0.3 is 9.47 Å². The molecule has 0 saturated heterocycles. The maximum Gasteiger partial charge on any atom is 0.164 e. The van der Waals surface area contributed by atoms with Crippen molar-refractivity contribution in [3.05, 3.63) is 83.4 Å². The molecule has 1 aliphatic rings. The van der Waals surface area contributed by atoms with Gasteiger partial charge in [-0.25, -0.2) is 0 Å². The van der Waals surface area contributed by atoms with Crippen molar-refractivity contribution in [2.45, 2.75) is 12.3 Å². The molecule has 0 saturated carbocycles. The van der Waals surface area contributed by atoms with Crippen LogP contribution in [0.5, 0.6) is 11.5 Å². The van der Waals surface area contributed by atoms with Gasteiger partial charge in [0.15, 0.2) is 5.78 Å². The van der Waals surface area contributed by atoms with Gasteiger partial charge in [-0.3, -0.25) is 4.79 Å². The highest BCUT2D eigenvalue weighted by Crippen LogP contribution is 2.41. The summed E-state index contributed by atoms with van der Waals surface area (Å²) in [4.78, 5) is 12.5. The van der Waals surface area contributed by atoms with Gasteiger partial charge in [-0.1, -0.05) is 36.4 Å². The highest BCUT2D eigenvalue weighted by Gasteiger charge is 2.30. The lowest BCUT2D eigenvalue weighted by atomic mass is 9.91. The molecule has 3 heteroatoms. The van der Waals surface area contributed by atoms with Crippen molar-refractivity contribution in [2.24, 2.45) is 0 Å². The Balaban J connectivity index is 1.79. The Morgan fingerprint density at radius 2 is 1.50 bits per heavy atom. The summed E-state index contributed by atoms with van der Waals surface area (Å²) in [5, 5.41) is 0. The Labute approximate surface area is 153 Å². The van der Waals surface area contributed by atoms with Gasteiger partial charge in [-0.2, -0.15) is 0 Å². The number of fused-ring (bicyclic) bond motifs is 1. The van der Waals surface area contributed by atoms with Crippen LogP contribution in [0.1, 0.15) is 33.8 Å². The average molecular weight is 344 g/mol. The molecule has 1 unspecified atom stereocenters. The molecule has 0 N–H and O–H groups in total. The van der Waals surface area contributed by atoms with Gasteiger partial charge in [0.05, 0.1) is 14.2 Å². The smallest absolute Gasteiger partial charge is 0.164 e. The first-order chi connectivity index (χ1) is 12.7. The quantitative estimate of drug-likeness (QED) is 0.661. The maximum atomic E-state index is 12.5. The molecule has 0 bridgehead atoms. The predicted molar refractivity (Wildman–Crippen MR) is 102 cm³/mol. The fraction of sp³-hybridized carbons (Fsp3) is 0.174. The van der Waals surface area contributed by atoms with Crippen molar-refractivity contribution in [3.63, 3.8) is 0 Å². The number of carbonyl (C=O) groups excluding carboxylic acids is 1. The van der Waals surface area contributed by atoms with Gasteiger partial charge >= 0.3 is 0 Å². The van der Waals surface area contributed by atoms with Crippen LogP contribution in [-0.2, 0) is 0 Å². The average Bonchev–Trinajstić information content (AvgIpc) is 3.04. The Morgan fingerprint density at radius 1 is 0.808 bits per heavy atom. The number of rotatable bonds is 4. The minimum absolute atomic E-state index is 0.0677. The zero-order valence-corrected chi connectivity index (χ0v) is 14.9. The van der Waals surface area contributed by atoms with E-state index in [4.69, 9.17) is 9.47 Å². The lowest BCUT2D eigenvalue weighted by Gasteiger charge is -2.14. The molecule has 0 radical (unpaired) electrons. The molecule has 1 aliphatic carbocycles. The third-order valence-electron chi connectivity index (χ3n) is 5.02. The molecule has 1 atom stereocenters. The second kappa shape index (κ2) is 6.68. The molecule has 0 heterocycles. The zero-order valence-electron chi connectivity index (χ0n) is 14.9. The third kappa shape index (κ3) is 2.86. The summed E-state index contributed by atoms with van der Waals surface area (Å²) < 4.78 is 10.7. The van der Waals surface area contributed by atoms with Crippen molar-refractivity contribution in [1.82, 2.24) is 0 Å². The number of benzene rings is 3. The number of ketones is 1. The Morgan fingerprint density at radius 3 is 2.27 bits per heavy atom. The summed E-state index contributed by atoms with van der Waals surface area (Å²) in [5.41, 5.74) is 5.19. The van der Waals surface area contributed by atoms with Crippen LogP contribution in [-0.4, -0.2) is 20.0 Å². The molecule has 130 valence electrons. The summed E-state index contributed by atoms with van der Waals surface area (Å²) in [6, 6.07) is 22.1. The van der Waals surface area contributed by atoms with Gasteiger partial charge in [0.25, 0.3) is 0 Å². The van der Waals surface area contributed by atoms with E-state index >= 15 is 0 Å². The number of carbonyl (C=O) groups is 1. The Kier molecular flexibility index (Phi) is 4.21. The largest absolute Gasteiger partial charge is 0.497 e. The lowest BCUT2D eigenvalue weighted by Crippen LogP contribution is -1.98. The van der Waals surface area contributed by atoms with E-state index in [2.05, 4.69) is 18.2 Å². The van der Waals surface area contributed by atoms with Crippen LogP contribution in [0.2, 0.25) is 0 Å². The van der Waals surface area contributed by atoms with E-state index in [1.54, 1.807) is 14.2 Å². The second-order valence-corrected chi connectivity index (χ2v) is 6.49.